The van der Waals surface area contributed by atoms with Gasteiger partial charge in [0.25, 0.3) is 0 Å². The number of amides is 1. The zero-order valence-electron chi connectivity index (χ0n) is 12.4. The van der Waals surface area contributed by atoms with Crippen LogP contribution in [0.15, 0.2) is 36.5 Å². The van der Waals surface area contributed by atoms with Crippen molar-refractivity contribution in [1.82, 2.24) is 4.98 Å². The van der Waals surface area contributed by atoms with Crippen LogP contribution in [-0.2, 0) is 11.3 Å². The molecule has 0 bridgehead atoms. The molecule has 4 rings (SSSR count). The summed E-state index contributed by atoms with van der Waals surface area (Å²) in [6, 6.07) is 9.05. The van der Waals surface area contributed by atoms with Gasteiger partial charge in [-0.3, -0.25) is 4.79 Å². The van der Waals surface area contributed by atoms with Gasteiger partial charge in [0, 0.05) is 28.4 Å². The van der Waals surface area contributed by atoms with E-state index in [1.807, 2.05) is 12.1 Å². The highest BCUT2D eigenvalue weighted by Crippen LogP contribution is 2.40. The highest BCUT2D eigenvalue weighted by molar-refractivity contribution is 6.36. The molecule has 1 saturated heterocycles. The van der Waals surface area contributed by atoms with Gasteiger partial charge in [0.2, 0.25) is 5.91 Å². The monoisotopic (exact) mass is 347 g/mol. The van der Waals surface area contributed by atoms with Gasteiger partial charge in [-0.2, -0.15) is 0 Å². The minimum absolute atomic E-state index is 0.0963. The third-order valence-electron chi connectivity index (χ3n) is 4.51. The zero-order valence-corrected chi connectivity index (χ0v) is 13.9. The van der Waals surface area contributed by atoms with Crippen LogP contribution in [0.1, 0.15) is 18.4 Å². The van der Waals surface area contributed by atoms with Crippen LogP contribution in [0.3, 0.4) is 0 Å². The maximum atomic E-state index is 13.0. The molecule has 1 amide bonds. The summed E-state index contributed by atoms with van der Waals surface area (Å²) >= 11 is 12.6. The highest BCUT2D eigenvalue weighted by Gasteiger charge is 2.41. The van der Waals surface area contributed by atoms with Crippen molar-refractivity contribution in [3.05, 3.63) is 52.1 Å². The van der Waals surface area contributed by atoms with Crippen LogP contribution in [-0.4, -0.2) is 23.5 Å². The van der Waals surface area contributed by atoms with Gasteiger partial charge >= 0.3 is 0 Å². The van der Waals surface area contributed by atoms with E-state index in [4.69, 9.17) is 23.2 Å². The van der Waals surface area contributed by atoms with Crippen molar-refractivity contribution in [2.45, 2.75) is 25.4 Å². The van der Waals surface area contributed by atoms with Gasteiger partial charge in [-0.1, -0.05) is 29.3 Å². The van der Waals surface area contributed by atoms with Gasteiger partial charge in [-0.05, 0) is 37.1 Å². The molecular weight excluding hydrogens is 333 g/mol. The van der Waals surface area contributed by atoms with Crippen molar-refractivity contribution in [2.75, 3.05) is 16.3 Å². The number of rotatable bonds is 2. The topological polar surface area (TPSA) is 36.4 Å². The quantitative estimate of drug-likeness (QED) is 0.826. The van der Waals surface area contributed by atoms with E-state index >= 15 is 0 Å². The molecule has 1 aromatic heterocycles. The average Bonchev–Trinajstić information content (AvgIpc) is 3.04. The summed E-state index contributed by atoms with van der Waals surface area (Å²) in [6.07, 6.45) is 3.64. The number of anilines is 2. The first kappa shape index (κ1) is 14.8. The third kappa shape index (κ3) is 2.37. The van der Waals surface area contributed by atoms with Gasteiger partial charge in [0.15, 0.2) is 5.82 Å². The van der Waals surface area contributed by atoms with Crippen molar-refractivity contribution < 1.29 is 4.79 Å². The summed E-state index contributed by atoms with van der Waals surface area (Å²) in [7, 11) is 0. The molecular formula is C17H15Cl2N3O. The molecule has 0 spiro atoms. The fourth-order valence-electron chi connectivity index (χ4n) is 3.40. The molecule has 1 fully saturated rings. The van der Waals surface area contributed by atoms with E-state index in [-0.39, 0.29) is 11.9 Å². The highest BCUT2D eigenvalue weighted by atomic mass is 35.5. The Morgan fingerprint density at radius 1 is 1.17 bits per heavy atom. The number of hydrogen-bond acceptors (Lipinski definition) is 3. The number of halogens is 2. The summed E-state index contributed by atoms with van der Waals surface area (Å²) in [5.74, 6) is 0.969. The number of benzene rings is 1. The lowest BCUT2D eigenvalue weighted by molar-refractivity contribution is -0.120. The standard InChI is InChI=1S/C17H15Cl2N3O/c18-12-4-1-5-13(19)11(12)10-22-14-6-2-8-20-16(14)21-9-3-7-15(21)17(22)23/h1-2,4-6,8,15H,3,7,9-10H2/t15-/m1/s1. The third-order valence-corrected chi connectivity index (χ3v) is 5.22. The largest absolute Gasteiger partial charge is 0.343 e. The number of carbonyl (C=O) groups is 1. The second-order valence-corrected chi connectivity index (χ2v) is 6.64. The Labute approximate surface area is 144 Å². The molecule has 23 heavy (non-hydrogen) atoms. The molecule has 0 aliphatic carbocycles. The lowest BCUT2D eigenvalue weighted by Gasteiger charge is -2.38. The normalized spacial score (nSPS) is 19.7. The summed E-state index contributed by atoms with van der Waals surface area (Å²) in [6.45, 7) is 1.24. The van der Waals surface area contributed by atoms with Crippen LogP contribution in [0, 0.1) is 0 Å². The van der Waals surface area contributed by atoms with Gasteiger partial charge in [0.05, 0.1) is 12.2 Å². The van der Waals surface area contributed by atoms with E-state index < -0.39 is 0 Å². The Morgan fingerprint density at radius 3 is 2.74 bits per heavy atom. The molecule has 0 radical (unpaired) electrons. The predicted octanol–water partition coefficient (Wildman–Crippen LogP) is 3.90. The average molecular weight is 348 g/mol. The molecule has 4 nitrogen and oxygen atoms in total. The van der Waals surface area contributed by atoms with Gasteiger partial charge in [-0.25, -0.2) is 4.98 Å². The minimum atomic E-state index is -0.126. The summed E-state index contributed by atoms with van der Waals surface area (Å²) in [5.41, 5.74) is 1.59. The van der Waals surface area contributed by atoms with Crippen LogP contribution in [0.5, 0.6) is 0 Å². The lowest BCUT2D eigenvalue weighted by atomic mass is 10.1. The molecule has 118 valence electrons. The molecule has 1 aromatic carbocycles. The molecule has 2 aromatic rings. The van der Waals surface area contributed by atoms with E-state index in [0.717, 1.165) is 36.5 Å². The van der Waals surface area contributed by atoms with Crippen molar-refractivity contribution in [2.24, 2.45) is 0 Å². The maximum absolute atomic E-state index is 13.0. The van der Waals surface area contributed by atoms with Crippen LogP contribution < -0.4 is 9.80 Å². The van der Waals surface area contributed by atoms with Crippen LogP contribution >= 0.6 is 23.2 Å². The Bertz CT molecular complexity index is 760. The Morgan fingerprint density at radius 2 is 1.96 bits per heavy atom. The number of pyridine rings is 1. The first-order valence-electron chi connectivity index (χ1n) is 7.63. The summed E-state index contributed by atoms with van der Waals surface area (Å²) in [4.78, 5) is 21.3. The van der Waals surface area contributed by atoms with Gasteiger partial charge in [0.1, 0.15) is 6.04 Å². The fraction of sp³-hybridized carbons (Fsp3) is 0.294. The molecule has 1 atom stereocenters. The number of fused-ring (bicyclic) bond motifs is 3. The number of carbonyl (C=O) groups excluding carboxylic acids is 1. The van der Waals surface area contributed by atoms with Crippen LogP contribution in [0.4, 0.5) is 11.5 Å². The zero-order chi connectivity index (χ0) is 16.0. The first-order valence-corrected chi connectivity index (χ1v) is 8.38. The Balaban J connectivity index is 1.79. The van der Waals surface area contributed by atoms with Crippen LogP contribution in [0.25, 0.3) is 0 Å². The lowest BCUT2D eigenvalue weighted by Crippen LogP contribution is -2.50. The van der Waals surface area contributed by atoms with E-state index in [9.17, 15) is 4.79 Å². The second kappa shape index (κ2) is 5.69. The van der Waals surface area contributed by atoms with Crippen molar-refractivity contribution >= 4 is 40.6 Å². The van der Waals surface area contributed by atoms with Crippen molar-refractivity contribution in [3.8, 4) is 0 Å². The summed E-state index contributed by atoms with van der Waals surface area (Å²) in [5, 5.41) is 1.15. The van der Waals surface area contributed by atoms with E-state index in [1.165, 1.54) is 0 Å². The molecule has 2 aliphatic rings. The first-order chi connectivity index (χ1) is 11.2. The smallest absolute Gasteiger partial charge is 0.250 e. The van der Waals surface area contributed by atoms with E-state index in [0.29, 0.717) is 16.6 Å². The van der Waals surface area contributed by atoms with Crippen molar-refractivity contribution in [1.29, 1.82) is 0 Å². The van der Waals surface area contributed by atoms with Crippen molar-refractivity contribution in [3.63, 3.8) is 0 Å². The molecule has 3 heterocycles. The van der Waals surface area contributed by atoms with E-state index in [1.54, 1.807) is 29.3 Å². The number of nitrogens with zero attached hydrogens (tertiary/aromatic N) is 3. The second-order valence-electron chi connectivity index (χ2n) is 5.82. The van der Waals surface area contributed by atoms with E-state index in [2.05, 4.69) is 9.88 Å². The molecule has 2 aliphatic heterocycles. The Hall–Kier alpha value is -1.78. The summed E-state index contributed by atoms with van der Waals surface area (Å²) < 4.78 is 0. The molecule has 0 unspecified atom stereocenters. The molecule has 0 N–H and O–H groups in total. The Kier molecular flexibility index (Phi) is 3.66. The molecule has 0 saturated carbocycles. The van der Waals surface area contributed by atoms with Gasteiger partial charge in [-0.15, -0.1) is 0 Å². The number of hydrogen-bond donors (Lipinski definition) is 0. The maximum Gasteiger partial charge on any atom is 0.250 e. The SMILES string of the molecule is O=C1[C@H]2CCCN2c2ncccc2N1Cc1c(Cl)cccc1Cl. The minimum Gasteiger partial charge on any atom is -0.343 e. The fourth-order valence-corrected chi connectivity index (χ4v) is 3.92. The predicted molar refractivity (Wildman–Crippen MR) is 92.3 cm³/mol. The van der Waals surface area contributed by atoms with Crippen LogP contribution in [0.2, 0.25) is 10.0 Å². The molecule has 6 heteroatoms. The number of aromatic nitrogens is 1. The van der Waals surface area contributed by atoms with Gasteiger partial charge < -0.3 is 9.80 Å².